The number of carbonyl (C=O) groups excluding carboxylic acids is 1. The molecular formula is C18H21BrN2O2. The summed E-state index contributed by atoms with van der Waals surface area (Å²) in [6.45, 7) is 3.63. The summed E-state index contributed by atoms with van der Waals surface area (Å²) in [6.07, 6.45) is 0. The van der Waals surface area contributed by atoms with Crippen LogP contribution in [0.1, 0.15) is 18.1 Å². The number of nitrogens with two attached hydrogens (primary N) is 1. The van der Waals surface area contributed by atoms with Crippen molar-refractivity contribution in [3.63, 3.8) is 0 Å². The standard InChI is InChI=1S/C18H21BrN2O2/c1-13(18(20)22)10-21-11-14-5-7-17(8-6-14)23-12-15-3-2-4-16(19)9-15/h2-9,13,21H,10-12H2,1H3,(H2,20,22). The number of amides is 1. The Morgan fingerprint density at radius 2 is 1.96 bits per heavy atom. The van der Waals surface area contributed by atoms with Crippen molar-refractivity contribution in [2.75, 3.05) is 6.54 Å². The van der Waals surface area contributed by atoms with Gasteiger partial charge < -0.3 is 15.8 Å². The third-order valence-electron chi connectivity index (χ3n) is 3.48. The highest BCUT2D eigenvalue weighted by Gasteiger charge is 2.07. The molecule has 3 N–H and O–H groups in total. The van der Waals surface area contributed by atoms with Crippen molar-refractivity contribution in [1.82, 2.24) is 5.32 Å². The second-order valence-electron chi connectivity index (χ2n) is 5.50. The van der Waals surface area contributed by atoms with Crippen LogP contribution in [0.2, 0.25) is 0 Å². The Bertz CT molecular complexity index is 644. The van der Waals surface area contributed by atoms with Crippen LogP contribution in [0.15, 0.2) is 53.0 Å². The number of nitrogens with one attached hydrogen (secondary N) is 1. The zero-order chi connectivity index (χ0) is 16.7. The fraction of sp³-hybridized carbons (Fsp3) is 0.278. The lowest BCUT2D eigenvalue weighted by Crippen LogP contribution is -2.30. The zero-order valence-electron chi connectivity index (χ0n) is 13.1. The van der Waals surface area contributed by atoms with Crippen molar-refractivity contribution in [2.45, 2.75) is 20.1 Å². The molecular weight excluding hydrogens is 356 g/mol. The van der Waals surface area contributed by atoms with Gasteiger partial charge in [-0.25, -0.2) is 0 Å². The predicted molar refractivity (Wildman–Crippen MR) is 95.0 cm³/mol. The van der Waals surface area contributed by atoms with Crippen LogP contribution in [-0.4, -0.2) is 12.5 Å². The van der Waals surface area contributed by atoms with E-state index >= 15 is 0 Å². The molecule has 1 atom stereocenters. The van der Waals surface area contributed by atoms with Gasteiger partial charge in [0.1, 0.15) is 12.4 Å². The van der Waals surface area contributed by atoms with E-state index in [1.54, 1.807) is 0 Å². The number of rotatable bonds is 8. The first-order chi connectivity index (χ1) is 11.0. The molecule has 0 saturated heterocycles. The summed E-state index contributed by atoms with van der Waals surface area (Å²) >= 11 is 3.45. The molecule has 122 valence electrons. The highest BCUT2D eigenvalue weighted by Crippen LogP contribution is 2.16. The van der Waals surface area contributed by atoms with E-state index in [9.17, 15) is 4.79 Å². The highest BCUT2D eigenvalue weighted by atomic mass is 79.9. The van der Waals surface area contributed by atoms with E-state index in [1.165, 1.54) is 0 Å². The Labute approximate surface area is 145 Å². The molecule has 5 heteroatoms. The van der Waals surface area contributed by atoms with Gasteiger partial charge in [0.25, 0.3) is 0 Å². The van der Waals surface area contributed by atoms with Crippen LogP contribution in [0.5, 0.6) is 5.75 Å². The third-order valence-corrected chi connectivity index (χ3v) is 3.98. The molecule has 0 aromatic heterocycles. The first kappa shape index (κ1) is 17.5. The monoisotopic (exact) mass is 376 g/mol. The van der Waals surface area contributed by atoms with Gasteiger partial charge >= 0.3 is 0 Å². The maximum Gasteiger partial charge on any atom is 0.221 e. The summed E-state index contributed by atoms with van der Waals surface area (Å²) in [7, 11) is 0. The summed E-state index contributed by atoms with van der Waals surface area (Å²) < 4.78 is 6.82. The summed E-state index contributed by atoms with van der Waals surface area (Å²) in [4.78, 5) is 11.0. The molecule has 1 amide bonds. The molecule has 0 aliphatic heterocycles. The smallest absolute Gasteiger partial charge is 0.221 e. The molecule has 2 aromatic rings. The number of hydrogen-bond acceptors (Lipinski definition) is 3. The molecule has 0 saturated carbocycles. The van der Waals surface area contributed by atoms with Gasteiger partial charge in [-0.05, 0) is 35.4 Å². The molecule has 2 aromatic carbocycles. The van der Waals surface area contributed by atoms with Gasteiger partial charge in [-0.3, -0.25) is 4.79 Å². The first-order valence-electron chi connectivity index (χ1n) is 7.51. The first-order valence-corrected chi connectivity index (χ1v) is 8.30. The van der Waals surface area contributed by atoms with Crippen LogP contribution in [0.3, 0.4) is 0 Å². The predicted octanol–water partition coefficient (Wildman–Crippen LogP) is 3.24. The number of carbonyl (C=O) groups is 1. The third kappa shape index (κ3) is 6.04. The molecule has 4 nitrogen and oxygen atoms in total. The Balaban J connectivity index is 1.79. The summed E-state index contributed by atoms with van der Waals surface area (Å²) in [6, 6.07) is 16.0. The SMILES string of the molecule is CC(CNCc1ccc(OCc2cccc(Br)c2)cc1)C(N)=O. The Hall–Kier alpha value is -1.85. The summed E-state index contributed by atoms with van der Waals surface area (Å²) in [5.41, 5.74) is 7.48. The van der Waals surface area contributed by atoms with Crippen molar-refractivity contribution in [2.24, 2.45) is 11.7 Å². The van der Waals surface area contributed by atoms with E-state index in [0.29, 0.717) is 19.7 Å². The van der Waals surface area contributed by atoms with Crippen LogP contribution in [-0.2, 0) is 17.9 Å². The highest BCUT2D eigenvalue weighted by molar-refractivity contribution is 9.10. The fourth-order valence-corrected chi connectivity index (χ4v) is 2.48. The Kier molecular flexibility index (Phi) is 6.62. The number of ether oxygens (including phenoxy) is 1. The van der Waals surface area contributed by atoms with Gasteiger partial charge in [0, 0.05) is 23.5 Å². The van der Waals surface area contributed by atoms with Crippen LogP contribution in [0.4, 0.5) is 0 Å². The average molecular weight is 377 g/mol. The van der Waals surface area contributed by atoms with E-state index in [-0.39, 0.29) is 11.8 Å². The maximum absolute atomic E-state index is 11.0. The second-order valence-corrected chi connectivity index (χ2v) is 6.41. The molecule has 0 bridgehead atoms. The number of hydrogen-bond donors (Lipinski definition) is 2. The van der Waals surface area contributed by atoms with Crippen molar-refractivity contribution in [1.29, 1.82) is 0 Å². The van der Waals surface area contributed by atoms with Crippen LogP contribution >= 0.6 is 15.9 Å². The molecule has 0 aliphatic rings. The summed E-state index contributed by atoms with van der Waals surface area (Å²) in [5, 5.41) is 3.22. The van der Waals surface area contributed by atoms with Gasteiger partial charge in [-0.2, -0.15) is 0 Å². The van der Waals surface area contributed by atoms with E-state index in [0.717, 1.165) is 21.3 Å². The van der Waals surface area contributed by atoms with Crippen LogP contribution < -0.4 is 15.8 Å². The number of primary amides is 1. The van der Waals surface area contributed by atoms with Crippen molar-refractivity contribution in [3.8, 4) is 5.75 Å². The minimum Gasteiger partial charge on any atom is -0.489 e. The fourth-order valence-electron chi connectivity index (χ4n) is 2.03. The molecule has 0 aliphatic carbocycles. The van der Waals surface area contributed by atoms with Gasteiger partial charge in [-0.1, -0.05) is 47.1 Å². The lowest BCUT2D eigenvalue weighted by Gasteiger charge is -2.10. The molecule has 0 fully saturated rings. The van der Waals surface area contributed by atoms with Crippen molar-refractivity contribution < 1.29 is 9.53 Å². The van der Waals surface area contributed by atoms with Gasteiger partial charge in [0.15, 0.2) is 0 Å². The number of halogens is 1. The lowest BCUT2D eigenvalue weighted by atomic mass is 10.1. The van der Waals surface area contributed by atoms with Crippen molar-refractivity contribution >= 4 is 21.8 Å². The Morgan fingerprint density at radius 1 is 1.22 bits per heavy atom. The second kappa shape index (κ2) is 8.70. The van der Waals surface area contributed by atoms with Gasteiger partial charge in [0.05, 0.1) is 0 Å². The molecule has 0 heterocycles. The summed E-state index contributed by atoms with van der Waals surface area (Å²) in [5.74, 6) is 0.385. The van der Waals surface area contributed by atoms with Crippen LogP contribution in [0.25, 0.3) is 0 Å². The quantitative estimate of drug-likeness (QED) is 0.743. The molecule has 2 rings (SSSR count). The minimum absolute atomic E-state index is 0.164. The Morgan fingerprint density at radius 3 is 2.61 bits per heavy atom. The largest absolute Gasteiger partial charge is 0.489 e. The topological polar surface area (TPSA) is 64.3 Å². The molecule has 0 radical (unpaired) electrons. The van der Waals surface area contributed by atoms with Gasteiger partial charge in [0.2, 0.25) is 5.91 Å². The van der Waals surface area contributed by atoms with E-state index in [2.05, 4.69) is 21.2 Å². The molecule has 23 heavy (non-hydrogen) atoms. The van der Waals surface area contributed by atoms with Crippen molar-refractivity contribution in [3.05, 3.63) is 64.1 Å². The average Bonchev–Trinajstić information content (AvgIpc) is 2.54. The maximum atomic E-state index is 11.0. The zero-order valence-corrected chi connectivity index (χ0v) is 14.7. The minimum atomic E-state index is -0.284. The molecule has 0 spiro atoms. The normalized spacial score (nSPS) is 11.9. The lowest BCUT2D eigenvalue weighted by molar-refractivity contribution is -0.121. The molecule has 1 unspecified atom stereocenters. The van der Waals surface area contributed by atoms with Gasteiger partial charge in [-0.15, -0.1) is 0 Å². The van der Waals surface area contributed by atoms with E-state index < -0.39 is 0 Å². The van der Waals surface area contributed by atoms with E-state index in [1.807, 2.05) is 55.5 Å². The number of benzene rings is 2. The van der Waals surface area contributed by atoms with E-state index in [4.69, 9.17) is 10.5 Å². The van der Waals surface area contributed by atoms with Crippen LogP contribution in [0, 0.1) is 5.92 Å².